The number of aromatic nitrogens is 2. The molecule has 5 N–H and O–H groups in total. The lowest BCUT2D eigenvalue weighted by Gasteiger charge is -2.24. The molecule has 0 radical (unpaired) electrons. The van der Waals surface area contributed by atoms with E-state index in [9.17, 15) is 9.59 Å². The largest absolute Gasteiger partial charge is 0.454 e. The van der Waals surface area contributed by atoms with Crippen molar-refractivity contribution >= 4 is 57.5 Å². The molecule has 1 aromatic heterocycles. The molecule has 0 aliphatic carbocycles. The van der Waals surface area contributed by atoms with E-state index in [4.69, 9.17) is 38.9 Å². The van der Waals surface area contributed by atoms with Crippen molar-refractivity contribution in [3.63, 3.8) is 0 Å². The number of nitrogens with one attached hydrogen (secondary N) is 3. The van der Waals surface area contributed by atoms with E-state index in [0.29, 0.717) is 11.8 Å². The Labute approximate surface area is 227 Å². The van der Waals surface area contributed by atoms with Gasteiger partial charge in [0.05, 0.1) is 33.2 Å². The number of hydrogen-bond donors (Lipinski definition) is 4. The molecule has 0 spiro atoms. The van der Waals surface area contributed by atoms with Crippen LogP contribution < -0.4 is 26.0 Å². The summed E-state index contributed by atoms with van der Waals surface area (Å²) in [5.41, 5.74) is 8.73. The van der Waals surface area contributed by atoms with Crippen LogP contribution in [0.1, 0.15) is 12.5 Å². The first-order valence-corrected chi connectivity index (χ1v) is 12.5. The van der Waals surface area contributed by atoms with Gasteiger partial charge >= 0.3 is 6.03 Å². The summed E-state index contributed by atoms with van der Waals surface area (Å²) in [6.45, 7) is 1.87. The van der Waals surface area contributed by atoms with Gasteiger partial charge in [-0.15, -0.1) is 0 Å². The molecule has 1 fully saturated rings. The molecular weight excluding hydrogens is 529 g/mol. The smallest absolute Gasteiger partial charge is 0.325 e. The van der Waals surface area contributed by atoms with Crippen LogP contribution in [0.3, 0.4) is 0 Å². The molecule has 194 valence electrons. The highest BCUT2D eigenvalue weighted by Gasteiger charge is 2.26. The highest BCUT2D eigenvalue weighted by Crippen LogP contribution is 2.40. The number of nitrogens with zero attached hydrogens (tertiary/aromatic N) is 3. The zero-order chi connectivity index (χ0) is 26.8. The highest BCUT2D eigenvalue weighted by molar-refractivity contribution is 6.37. The fourth-order valence-electron chi connectivity index (χ4n) is 4.38. The number of carbonyl (C=O) groups is 2. The number of amides is 3. The topological polar surface area (TPSA) is 141 Å². The second-order valence-corrected chi connectivity index (χ2v) is 9.62. The Balaban J connectivity index is 1.28. The summed E-state index contributed by atoms with van der Waals surface area (Å²) in [5.74, 6) is -0.167. The maximum Gasteiger partial charge on any atom is 0.325 e. The van der Waals surface area contributed by atoms with Crippen LogP contribution in [0.15, 0.2) is 60.7 Å². The van der Waals surface area contributed by atoms with Crippen molar-refractivity contribution < 1.29 is 14.3 Å². The molecule has 0 bridgehead atoms. The number of ether oxygens (including phenoxy) is 1. The number of imide groups is 1. The number of urea groups is 1. The van der Waals surface area contributed by atoms with Crippen LogP contribution >= 0.6 is 23.2 Å². The van der Waals surface area contributed by atoms with Crippen molar-refractivity contribution in [2.24, 2.45) is 5.73 Å². The number of nitrogens with two attached hydrogens (primary N) is 1. The molecule has 3 aromatic carbocycles. The third kappa shape index (κ3) is 5.26. The highest BCUT2D eigenvalue weighted by atomic mass is 35.5. The van der Waals surface area contributed by atoms with Crippen molar-refractivity contribution in [2.75, 3.05) is 23.3 Å². The molecule has 12 heteroatoms. The SMILES string of the molecule is N#CC(N)C(=O)NC(=O)Nc1cc(Cl)c(Oc2ccc3[nH]n(C4CCN(c5ccccc5)C4)c3c2)c(Cl)c1. The van der Waals surface area contributed by atoms with Crippen molar-refractivity contribution in [1.29, 1.82) is 5.26 Å². The normalized spacial score (nSPS) is 15.7. The molecule has 10 nitrogen and oxygen atoms in total. The van der Waals surface area contributed by atoms with Crippen LogP contribution in [-0.4, -0.2) is 40.9 Å². The summed E-state index contributed by atoms with van der Waals surface area (Å²) in [7, 11) is 0. The summed E-state index contributed by atoms with van der Waals surface area (Å²) >= 11 is 12.8. The maximum atomic E-state index is 12.0. The molecular formula is C26H23Cl2N7O3. The van der Waals surface area contributed by atoms with E-state index in [2.05, 4.69) is 32.1 Å². The van der Waals surface area contributed by atoms with Gasteiger partial charge in [0.1, 0.15) is 5.75 Å². The minimum absolute atomic E-state index is 0.153. The number of H-pyrrole nitrogens is 1. The summed E-state index contributed by atoms with van der Waals surface area (Å²) in [6, 6.07) is 18.4. The first-order chi connectivity index (χ1) is 18.3. The average molecular weight is 552 g/mol. The second kappa shape index (κ2) is 10.7. The molecule has 4 aromatic rings. The van der Waals surface area contributed by atoms with Gasteiger partial charge in [0.25, 0.3) is 5.91 Å². The summed E-state index contributed by atoms with van der Waals surface area (Å²) in [4.78, 5) is 26.0. The lowest BCUT2D eigenvalue weighted by atomic mass is 10.2. The first kappa shape index (κ1) is 25.5. The Bertz CT molecular complexity index is 1520. The maximum absolute atomic E-state index is 12.0. The van der Waals surface area contributed by atoms with Gasteiger partial charge in [-0.3, -0.25) is 19.9 Å². The molecule has 5 rings (SSSR count). The summed E-state index contributed by atoms with van der Waals surface area (Å²) in [6.07, 6.45) is 1.01. The molecule has 1 saturated heterocycles. The van der Waals surface area contributed by atoms with E-state index >= 15 is 0 Å². The number of anilines is 2. The lowest BCUT2D eigenvalue weighted by Crippen LogP contribution is -2.44. The standard InChI is InChI=1S/C26H23Cl2N7O3/c27-19-10-15(31-26(37)32-25(36)21(30)13-29)11-20(28)24(19)38-18-6-7-22-23(12-18)35(33-22)17-8-9-34(14-17)16-4-2-1-3-5-16/h1-7,10-12,17,21,33H,8-9,14,30H2,(H2,31,32,36,37). The van der Waals surface area contributed by atoms with Gasteiger partial charge in [-0.2, -0.15) is 5.26 Å². The second-order valence-electron chi connectivity index (χ2n) is 8.81. The van der Waals surface area contributed by atoms with Gasteiger partial charge in [-0.1, -0.05) is 41.4 Å². The van der Waals surface area contributed by atoms with Crippen LogP contribution in [0.4, 0.5) is 16.2 Å². The number of carbonyl (C=O) groups excluding carboxylic acids is 2. The van der Waals surface area contributed by atoms with E-state index in [1.807, 2.05) is 41.7 Å². The fraction of sp³-hybridized carbons (Fsp3) is 0.192. The molecule has 38 heavy (non-hydrogen) atoms. The molecule has 2 unspecified atom stereocenters. The number of para-hydroxylation sites is 1. The van der Waals surface area contributed by atoms with Crippen LogP contribution in [0.5, 0.6) is 11.5 Å². The minimum atomic E-state index is -1.46. The molecule has 1 aliphatic rings. The fourth-order valence-corrected chi connectivity index (χ4v) is 4.94. The molecule has 3 amide bonds. The van der Waals surface area contributed by atoms with Crippen molar-refractivity contribution in [3.8, 4) is 17.6 Å². The average Bonchev–Trinajstić information content (AvgIpc) is 3.37. The molecule has 2 atom stereocenters. The minimum Gasteiger partial charge on any atom is -0.454 e. The molecule has 2 heterocycles. The van der Waals surface area contributed by atoms with Gasteiger partial charge in [-0.25, -0.2) is 4.79 Å². The Morgan fingerprint density at radius 2 is 1.87 bits per heavy atom. The van der Waals surface area contributed by atoms with Crippen LogP contribution in [-0.2, 0) is 4.79 Å². The van der Waals surface area contributed by atoms with E-state index in [1.165, 1.54) is 23.9 Å². The van der Waals surface area contributed by atoms with Gasteiger partial charge < -0.3 is 20.7 Å². The van der Waals surface area contributed by atoms with Crippen LogP contribution in [0.2, 0.25) is 10.0 Å². The Morgan fingerprint density at radius 1 is 1.13 bits per heavy atom. The molecule has 1 aliphatic heterocycles. The summed E-state index contributed by atoms with van der Waals surface area (Å²) < 4.78 is 8.17. The van der Waals surface area contributed by atoms with Crippen molar-refractivity contribution in [1.82, 2.24) is 15.1 Å². The van der Waals surface area contributed by atoms with Crippen molar-refractivity contribution in [3.05, 3.63) is 70.7 Å². The van der Waals surface area contributed by atoms with Gasteiger partial charge in [0.15, 0.2) is 11.8 Å². The number of hydrogen-bond acceptors (Lipinski definition) is 6. The summed E-state index contributed by atoms with van der Waals surface area (Å²) in [5, 5.41) is 16.8. The third-order valence-electron chi connectivity index (χ3n) is 6.25. The van der Waals surface area contributed by atoms with Crippen molar-refractivity contribution in [2.45, 2.75) is 18.5 Å². The first-order valence-electron chi connectivity index (χ1n) is 11.8. The number of benzene rings is 3. The van der Waals surface area contributed by atoms with E-state index in [0.717, 1.165) is 30.5 Å². The lowest BCUT2D eigenvalue weighted by molar-refractivity contribution is -0.120. The van der Waals surface area contributed by atoms with E-state index in [-0.39, 0.29) is 21.5 Å². The van der Waals surface area contributed by atoms with Gasteiger partial charge in [-0.05, 0) is 42.8 Å². The van der Waals surface area contributed by atoms with Crippen LogP contribution in [0, 0.1) is 11.3 Å². The number of aromatic amines is 1. The number of rotatable bonds is 6. The van der Waals surface area contributed by atoms with E-state index < -0.39 is 18.0 Å². The van der Waals surface area contributed by atoms with Crippen LogP contribution in [0.25, 0.3) is 11.0 Å². The zero-order valence-electron chi connectivity index (χ0n) is 19.9. The predicted octanol–water partition coefficient (Wildman–Crippen LogP) is 5.02. The number of halogens is 2. The Hall–Kier alpha value is -4.17. The van der Waals surface area contributed by atoms with Gasteiger partial charge in [0, 0.05) is 30.5 Å². The zero-order valence-corrected chi connectivity index (χ0v) is 21.5. The Kier molecular flexibility index (Phi) is 7.15. The quantitative estimate of drug-likeness (QED) is 0.265. The molecule has 0 saturated carbocycles. The number of nitriles is 1. The third-order valence-corrected chi connectivity index (χ3v) is 6.82. The predicted molar refractivity (Wildman–Crippen MR) is 146 cm³/mol. The monoisotopic (exact) mass is 551 g/mol. The van der Waals surface area contributed by atoms with Gasteiger partial charge in [0.2, 0.25) is 0 Å². The van der Waals surface area contributed by atoms with E-state index in [1.54, 1.807) is 0 Å². The number of fused-ring (bicyclic) bond motifs is 1. The Morgan fingerprint density at radius 3 is 2.58 bits per heavy atom.